The topological polar surface area (TPSA) is 83.2 Å². The van der Waals surface area contributed by atoms with E-state index in [1.165, 1.54) is 16.8 Å². The number of halogens is 1. The van der Waals surface area contributed by atoms with Crippen LogP contribution < -0.4 is 10.6 Å². The molecule has 1 aromatic heterocycles. The Kier molecular flexibility index (Phi) is 7.63. The number of hydrazone groups is 1. The summed E-state index contributed by atoms with van der Waals surface area (Å²) in [4.78, 5) is 40.9. The number of thioether (sulfide) groups is 1. The molecule has 2 unspecified atom stereocenters. The summed E-state index contributed by atoms with van der Waals surface area (Å²) in [5, 5.41) is 9.36. The molecular formula is C38H27ClN6O2S. The van der Waals surface area contributed by atoms with Crippen LogP contribution in [0.5, 0.6) is 0 Å². The van der Waals surface area contributed by atoms with Crippen molar-refractivity contribution >= 4 is 63.8 Å². The number of aliphatic imine (C=N–C) groups is 1. The van der Waals surface area contributed by atoms with E-state index in [9.17, 15) is 9.59 Å². The van der Waals surface area contributed by atoms with E-state index in [-0.39, 0.29) is 11.5 Å². The van der Waals surface area contributed by atoms with Gasteiger partial charge in [0.15, 0.2) is 11.0 Å². The Bertz CT molecular complexity index is 2230. The van der Waals surface area contributed by atoms with Crippen molar-refractivity contribution < 1.29 is 4.79 Å². The number of amidine groups is 1. The zero-order chi connectivity index (χ0) is 32.8. The van der Waals surface area contributed by atoms with Crippen LogP contribution in [0.25, 0.3) is 17.8 Å². The van der Waals surface area contributed by atoms with E-state index in [4.69, 9.17) is 21.6 Å². The van der Waals surface area contributed by atoms with Gasteiger partial charge in [-0.05, 0) is 65.9 Å². The zero-order valence-electron chi connectivity index (χ0n) is 25.6. The van der Waals surface area contributed by atoms with Gasteiger partial charge in [-0.2, -0.15) is 10.1 Å². The summed E-state index contributed by atoms with van der Waals surface area (Å²) in [7, 11) is 0. The van der Waals surface area contributed by atoms with Crippen LogP contribution in [0.15, 0.2) is 141 Å². The molecule has 0 N–H and O–H groups in total. The van der Waals surface area contributed by atoms with Crippen LogP contribution in [0, 0.1) is 5.92 Å². The molecule has 48 heavy (non-hydrogen) atoms. The van der Waals surface area contributed by atoms with Crippen molar-refractivity contribution in [1.82, 2.24) is 14.5 Å². The number of anilines is 1. The molecule has 0 radical (unpaired) electrons. The van der Waals surface area contributed by atoms with Gasteiger partial charge >= 0.3 is 0 Å². The molecule has 0 bridgehead atoms. The first-order chi connectivity index (χ1) is 23.5. The largest absolute Gasteiger partial charge is 0.311 e. The molecule has 0 saturated carbocycles. The Morgan fingerprint density at radius 2 is 1.44 bits per heavy atom. The number of carbonyl (C=O) groups excluding carboxylic acids is 1. The van der Waals surface area contributed by atoms with Crippen LogP contribution in [0.4, 0.5) is 11.5 Å². The van der Waals surface area contributed by atoms with Crippen molar-refractivity contribution in [3.63, 3.8) is 0 Å². The summed E-state index contributed by atoms with van der Waals surface area (Å²) in [6, 6.07) is 35.5. The number of fused-ring (bicyclic) bond motifs is 2. The van der Waals surface area contributed by atoms with Crippen LogP contribution in [-0.4, -0.2) is 31.2 Å². The number of amides is 1. The summed E-state index contributed by atoms with van der Waals surface area (Å²) in [6.45, 7) is 1.87. The normalized spacial score (nSPS) is 18.5. The maximum absolute atomic E-state index is 14.9. The number of nitrogens with zero attached hydrogens (tertiary/aromatic N) is 6. The Hall–Kier alpha value is -5.51. The predicted molar refractivity (Wildman–Crippen MR) is 194 cm³/mol. The lowest BCUT2D eigenvalue weighted by atomic mass is 9.93. The highest BCUT2D eigenvalue weighted by atomic mass is 35.5. The van der Waals surface area contributed by atoms with Gasteiger partial charge in [0.05, 0.1) is 28.7 Å². The molecule has 10 heteroatoms. The quantitative estimate of drug-likeness (QED) is 0.183. The summed E-state index contributed by atoms with van der Waals surface area (Å²) in [5.41, 5.74) is 4.72. The molecular weight excluding hydrogens is 640 g/mol. The third-order valence-corrected chi connectivity index (χ3v) is 9.59. The lowest BCUT2D eigenvalue weighted by molar-refractivity contribution is -0.119. The molecule has 3 aliphatic rings. The summed E-state index contributed by atoms with van der Waals surface area (Å²) in [6.07, 6.45) is 3.72. The summed E-state index contributed by atoms with van der Waals surface area (Å²) < 4.78 is 1.62. The molecule has 5 aromatic rings. The maximum Gasteiger partial charge on any atom is 0.266 e. The van der Waals surface area contributed by atoms with E-state index >= 15 is 0 Å². The Morgan fingerprint density at radius 1 is 0.792 bits per heavy atom. The second kappa shape index (κ2) is 12.3. The molecule has 2 atom stereocenters. The molecule has 8 rings (SSSR count). The number of benzene rings is 4. The third-order valence-electron chi connectivity index (χ3n) is 8.48. The van der Waals surface area contributed by atoms with Gasteiger partial charge in [0, 0.05) is 10.7 Å². The number of aromatic nitrogens is 2. The van der Waals surface area contributed by atoms with Crippen molar-refractivity contribution in [2.75, 3.05) is 5.01 Å². The SMILES string of the molecule is CC1=NN(c2ccccc2)C(=O)C1C1=CSC2=Nc3nc(/C=C/c4ccc(Cl)cc4)n(-c4ccccc4)c(=O)c3C(c3ccccc3)N12. The van der Waals surface area contributed by atoms with Gasteiger partial charge in [-0.1, -0.05) is 108 Å². The van der Waals surface area contributed by atoms with Crippen molar-refractivity contribution in [3.8, 4) is 5.69 Å². The van der Waals surface area contributed by atoms with Crippen LogP contribution in [0.3, 0.4) is 0 Å². The highest BCUT2D eigenvalue weighted by molar-refractivity contribution is 8.16. The molecule has 1 amide bonds. The molecule has 234 valence electrons. The first kappa shape index (κ1) is 29.9. The summed E-state index contributed by atoms with van der Waals surface area (Å²) >= 11 is 7.53. The van der Waals surface area contributed by atoms with Gasteiger partial charge < -0.3 is 4.90 Å². The fourth-order valence-electron chi connectivity index (χ4n) is 6.26. The van der Waals surface area contributed by atoms with Crippen molar-refractivity contribution in [2.24, 2.45) is 16.0 Å². The Labute approximate surface area is 286 Å². The standard InChI is InChI=1S/C38H27ClN6O2S/c1-24-32(37(47)45(42-24)29-15-9-4-10-16-29)30-23-48-38-41-35-33(34(44(30)38)26-11-5-2-6-12-26)36(46)43(28-13-7-3-8-14-28)31(40-35)22-19-25-17-20-27(39)21-18-25/h2-23,32,34H,1H3/b22-19+. The highest BCUT2D eigenvalue weighted by Gasteiger charge is 2.47. The molecule has 0 spiro atoms. The van der Waals surface area contributed by atoms with Crippen LogP contribution in [-0.2, 0) is 4.79 Å². The molecule has 0 saturated heterocycles. The molecule has 4 aromatic carbocycles. The first-order valence-electron chi connectivity index (χ1n) is 15.4. The first-order valence-corrected chi connectivity index (χ1v) is 16.6. The molecule has 0 fully saturated rings. The monoisotopic (exact) mass is 666 g/mol. The van der Waals surface area contributed by atoms with E-state index in [1.54, 1.807) is 4.57 Å². The maximum atomic E-state index is 14.9. The average Bonchev–Trinajstić information content (AvgIpc) is 3.66. The molecule has 8 nitrogen and oxygen atoms in total. The van der Waals surface area contributed by atoms with Crippen molar-refractivity contribution in [2.45, 2.75) is 13.0 Å². The van der Waals surface area contributed by atoms with Crippen molar-refractivity contribution in [1.29, 1.82) is 0 Å². The third kappa shape index (κ3) is 5.17. The van der Waals surface area contributed by atoms with E-state index in [0.29, 0.717) is 44.5 Å². The fraction of sp³-hybridized carbons (Fsp3) is 0.0789. The van der Waals surface area contributed by atoms with Gasteiger partial charge in [-0.3, -0.25) is 14.2 Å². The van der Waals surface area contributed by atoms with Crippen molar-refractivity contribution in [3.05, 3.63) is 164 Å². The van der Waals surface area contributed by atoms with Crippen LogP contribution >= 0.6 is 23.4 Å². The van der Waals surface area contributed by atoms with E-state index in [2.05, 4.69) is 5.10 Å². The minimum atomic E-state index is -0.649. The van der Waals surface area contributed by atoms with E-state index < -0.39 is 12.0 Å². The average molecular weight is 667 g/mol. The van der Waals surface area contributed by atoms with E-state index in [1.807, 2.05) is 145 Å². The number of hydrogen-bond acceptors (Lipinski definition) is 7. The fourth-order valence-corrected chi connectivity index (χ4v) is 7.33. The number of hydrogen-bond donors (Lipinski definition) is 0. The lowest BCUT2D eigenvalue weighted by Gasteiger charge is -2.37. The smallest absolute Gasteiger partial charge is 0.266 e. The predicted octanol–water partition coefficient (Wildman–Crippen LogP) is 8.08. The van der Waals surface area contributed by atoms with Gasteiger partial charge in [-0.25, -0.2) is 9.98 Å². The minimum absolute atomic E-state index is 0.160. The highest BCUT2D eigenvalue weighted by Crippen LogP contribution is 2.48. The van der Waals surface area contributed by atoms with Gasteiger partial charge in [-0.15, -0.1) is 0 Å². The van der Waals surface area contributed by atoms with Gasteiger partial charge in [0.1, 0.15) is 11.7 Å². The second-order valence-corrected chi connectivity index (χ2v) is 12.7. The second-order valence-electron chi connectivity index (χ2n) is 11.5. The van der Waals surface area contributed by atoms with Crippen LogP contribution in [0.2, 0.25) is 5.02 Å². The Balaban J connectivity index is 1.29. The zero-order valence-corrected chi connectivity index (χ0v) is 27.2. The van der Waals surface area contributed by atoms with Crippen LogP contribution in [0.1, 0.15) is 35.5 Å². The number of para-hydroxylation sites is 2. The molecule has 4 heterocycles. The number of carbonyl (C=O) groups is 1. The molecule has 3 aliphatic heterocycles. The van der Waals surface area contributed by atoms with Gasteiger partial charge in [0.25, 0.3) is 11.5 Å². The number of rotatable bonds is 6. The molecule has 0 aliphatic carbocycles. The van der Waals surface area contributed by atoms with E-state index in [0.717, 1.165) is 16.8 Å². The minimum Gasteiger partial charge on any atom is -0.311 e. The lowest BCUT2D eigenvalue weighted by Crippen LogP contribution is -2.42. The summed E-state index contributed by atoms with van der Waals surface area (Å²) in [5.74, 6) is -0.0247. The Morgan fingerprint density at radius 3 is 2.12 bits per heavy atom. The van der Waals surface area contributed by atoms with Gasteiger partial charge in [0.2, 0.25) is 0 Å².